The second kappa shape index (κ2) is 7.49. The second-order valence-corrected chi connectivity index (χ2v) is 8.12. The summed E-state index contributed by atoms with van der Waals surface area (Å²) >= 11 is 3.88. The van der Waals surface area contributed by atoms with Crippen molar-refractivity contribution in [2.24, 2.45) is 0 Å². The lowest BCUT2D eigenvalue weighted by atomic mass is 10.4. The van der Waals surface area contributed by atoms with Crippen LogP contribution in [0.25, 0.3) is 10.2 Å². The van der Waals surface area contributed by atoms with Crippen LogP contribution in [0, 0.1) is 0 Å². The highest BCUT2D eigenvalue weighted by molar-refractivity contribution is 8.14. The van der Waals surface area contributed by atoms with Crippen LogP contribution in [0.15, 0.2) is 22.8 Å². The van der Waals surface area contributed by atoms with E-state index in [2.05, 4.69) is 15.3 Å². The van der Waals surface area contributed by atoms with Crippen LogP contribution < -0.4 is 5.32 Å². The molecule has 1 aliphatic heterocycles. The topological polar surface area (TPSA) is 92.3 Å². The molecular weight excluding hydrogens is 368 g/mol. The van der Waals surface area contributed by atoms with Gasteiger partial charge in [0.15, 0.2) is 0 Å². The summed E-state index contributed by atoms with van der Waals surface area (Å²) in [7, 11) is 0. The molecule has 1 atom stereocenters. The molecule has 0 saturated carbocycles. The van der Waals surface area contributed by atoms with Crippen LogP contribution in [0.2, 0.25) is 0 Å². The molecule has 1 saturated heterocycles. The van der Waals surface area contributed by atoms with Crippen molar-refractivity contribution in [1.82, 2.24) is 20.2 Å². The largest absolute Gasteiger partial charge is 0.353 e. The predicted octanol–water partition coefficient (Wildman–Crippen LogP) is 1.98. The van der Waals surface area contributed by atoms with Crippen molar-refractivity contribution in [1.29, 1.82) is 0 Å². The molecule has 1 fully saturated rings. The van der Waals surface area contributed by atoms with Gasteiger partial charge in [-0.3, -0.25) is 19.3 Å². The van der Waals surface area contributed by atoms with Crippen LogP contribution in [0.1, 0.15) is 6.92 Å². The molecule has 1 aliphatic rings. The Kier molecular flexibility index (Phi) is 5.36. The smallest absolute Gasteiger partial charge is 0.288 e. The molecule has 3 amide bonds. The normalized spacial score (nSPS) is 16.0. The first-order valence-corrected chi connectivity index (χ1v) is 9.90. The fourth-order valence-electron chi connectivity index (χ4n) is 2.11. The summed E-state index contributed by atoms with van der Waals surface area (Å²) < 4.78 is 0. The number of imide groups is 1. The Morgan fingerprint density at radius 1 is 1.46 bits per heavy atom. The number of carbonyl (C=O) groups excluding carboxylic acids is 3. The minimum absolute atomic E-state index is 0.159. The number of thiophene rings is 1. The minimum Gasteiger partial charge on any atom is -0.353 e. The van der Waals surface area contributed by atoms with Crippen molar-refractivity contribution in [3.8, 4) is 0 Å². The third-order valence-corrected chi connectivity index (χ3v) is 6.15. The van der Waals surface area contributed by atoms with Gasteiger partial charge in [0, 0.05) is 18.5 Å². The summed E-state index contributed by atoms with van der Waals surface area (Å²) in [6.07, 6.45) is 1.49. The van der Waals surface area contributed by atoms with E-state index in [0.29, 0.717) is 0 Å². The molecule has 3 heterocycles. The number of nitrogens with zero attached hydrogens (tertiary/aromatic N) is 3. The molecule has 0 aromatic carbocycles. The number of thioether (sulfide) groups is 2. The van der Waals surface area contributed by atoms with E-state index in [1.165, 1.54) is 34.3 Å². The maximum Gasteiger partial charge on any atom is 0.288 e. The van der Waals surface area contributed by atoms with Crippen LogP contribution in [-0.2, 0) is 9.59 Å². The Morgan fingerprint density at radius 3 is 3.04 bits per heavy atom. The van der Waals surface area contributed by atoms with Crippen LogP contribution in [0.5, 0.6) is 0 Å². The first-order chi connectivity index (χ1) is 11.6. The average Bonchev–Trinajstić information content (AvgIpc) is 3.16. The van der Waals surface area contributed by atoms with E-state index in [1.807, 2.05) is 11.4 Å². The van der Waals surface area contributed by atoms with Crippen molar-refractivity contribution < 1.29 is 14.4 Å². The molecule has 24 heavy (non-hydrogen) atoms. The molecule has 2 aromatic heterocycles. The number of carbonyl (C=O) groups is 3. The number of nitrogens with one attached hydrogen (secondary N) is 1. The van der Waals surface area contributed by atoms with Crippen molar-refractivity contribution >= 4 is 62.1 Å². The van der Waals surface area contributed by atoms with Gasteiger partial charge in [-0.2, -0.15) is 0 Å². The van der Waals surface area contributed by atoms with E-state index in [1.54, 1.807) is 6.92 Å². The number of hydrogen-bond donors (Lipinski definition) is 1. The van der Waals surface area contributed by atoms with Crippen LogP contribution in [0.4, 0.5) is 4.79 Å². The highest BCUT2D eigenvalue weighted by Crippen LogP contribution is 2.30. The monoisotopic (exact) mass is 382 g/mol. The Balaban J connectivity index is 1.52. The predicted molar refractivity (Wildman–Crippen MR) is 95.3 cm³/mol. The van der Waals surface area contributed by atoms with Crippen molar-refractivity contribution in [3.05, 3.63) is 17.8 Å². The number of amides is 3. The third-order valence-electron chi connectivity index (χ3n) is 3.36. The van der Waals surface area contributed by atoms with E-state index in [-0.39, 0.29) is 41.1 Å². The lowest BCUT2D eigenvalue weighted by molar-refractivity contribution is -0.125. The summed E-state index contributed by atoms with van der Waals surface area (Å²) in [5.41, 5.74) is 0. The fourth-order valence-corrected chi connectivity index (χ4v) is 4.59. The van der Waals surface area contributed by atoms with Gasteiger partial charge in [-0.1, -0.05) is 23.5 Å². The summed E-state index contributed by atoms with van der Waals surface area (Å²) in [4.78, 5) is 45.6. The molecule has 3 rings (SSSR count). The Labute approximate surface area is 150 Å². The number of rotatable bonds is 6. The van der Waals surface area contributed by atoms with Gasteiger partial charge in [0.25, 0.3) is 5.24 Å². The zero-order valence-electron chi connectivity index (χ0n) is 12.7. The molecule has 2 aromatic rings. The van der Waals surface area contributed by atoms with E-state index >= 15 is 0 Å². The van der Waals surface area contributed by atoms with Crippen molar-refractivity contribution in [2.45, 2.75) is 17.2 Å². The Bertz CT molecular complexity index is 778. The van der Waals surface area contributed by atoms with E-state index in [9.17, 15) is 14.4 Å². The van der Waals surface area contributed by atoms with Gasteiger partial charge < -0.3 is 5.32 Å². The quantitative estimate of drug-likeness (QED) is 0.603. The molecule has 0 radical (unpaired) electrons. The fraction of sp³-hybridized carbons (Fsp3) is 0.357. The second-order valence-electron chi connectivity index (χ2n) is 4.97. The summed E-state index contributed by atoms with van der Waals surface area (Å²) in [5, 5.41) is 5.81. The van der Waals surface area contributed by atoms with Crippen LogP contribution in [0.3, 0.4) is 0 Å². The SMILES string of the molecule is C[C@@H](Sc1ncnc2sccc12)C(=O)NCCN1C(=O)CSC1=O. The number of aromatic nitrogens is 2. The highest BCUT2D eigenvalue weighted by Gasteiger charge is 2.29. The Morgan fingerprint density at radius 2 is 2.29 bits per heavy atom. The number of fused-ring (bicyclic) bond motifs is 1. The van der Waals surface area contributed by atoms with E-state index in [4.69, 9.17) is 0 Å². The molecule has 0 unspecified atom stereocenters. The zero-order chi connectivity index (χ0) is 17.1. The van der Waals surface area contributed by atoms with Crippen molar-refractivity contribution in [2.75, 3.05) is 18.8 Å². The van der Waals surface area contributed by atoms with Crippen molar-refractivity contribution in [3.63, 3.8) is 0 Å². The van der Waals surface area contributed by atoms with Gasteiger partial charge in [-0.05, 0) is 18.4 Å². The molecule has 0 aliphatic carbocycles. The first kappa shape index (κ1) is 17.2. The molecule has 0 bridgehead atoms. The highest BCUT2D eigenvalue weighted by atomic mass is 32.2. The standard InChI is InChI=1S/C14H14N4O3S3/c1-8(24-13-9-2-5-22-12(9)16-7-17-13)11(20)15-3-4-18-10(19)6-23-14(18)21/h2,5,7-8H,3-4,6H2,1H3,(H,15,20)/t8-/m1/s1. The summed E-state index contributed by atoms with van der Waals surface area (Å²) in [6, 6.07) is 1.94. The molecule has 0 spiro atoms. The summed E-state index contributed by atoms with van der Waals surface area (Å²) in [5.74, 6) is -0.181. The van der Waals surface area contributed by atoms with Gasteiger partial charge in [-0.25, -0.2) is 9.97 Å². The average molecular weight is 382 g/mol. The van der Waals surface area contributed by atoms with Crippen LogP contribution >= 0.6 is 34.9 Å². The zero-order valence-corrected chi connectivity index (χ0v) is 15.2. The lowest BCUT2D eigenvalue weighted by Crippen LogP contribution is -2.39. The molecule has 7 nitrogen and oxygen atoms in total. The molecule has 1 N–H and O–H groups in total. The van der Waals surface area contributed by atoms with Gasteiger partial charge in [-0.15, -0.1) is 11.3 Å². The molecule has 126 valence electrons. The summed E-state index contributed by atoms with van der Waals surface area (Å²) in [6.45, 7) is 2.25. The maximum absolute atomic E-state index is 12.2. The van der Waals surface area contributed by atoms with Gasteiger partial charge in [0.05, 0.1) is 11.0 Å². The minimum atomic E-state index is -0.345. The molecule has 10 heteroatoms. The lowest BCUT2D eigenvalue weighted by Gasteiger charge is -2.15. The van der Waals surface area contributed by atoms with Crippen LogP contribution in [-0.4, -0.2) is 56.0 Å². The van der Waals surface area contributed by atoms with E-state index < -0.39 is 0 Å². The van der Waals surface area contributed by atoms with E-state index in [0.717, 1.165) is 27.0 Å². The first-order valence-electron chi connectivity index (χ1n) is 7.16. The Hall–Kier alpha value is -1.65. The van der Waals surface area contributed by atoms with Gasteiger partial charge in [0.2, 0.25) is 11.8 Å². The van der Waals surface area contributed by atoms with Gasteiger partial charge in [0.1, 0.15) is 16.2 Å². The maximum atomic E-state index is 12.2. The number of hydrogen-bond acceptors (Lipinski definition) is 8. The molecular formula is C14H14N4O3S3. The third kappa shape index (κ3) is 3.70. The van der Waals surface area contributed by atoms with Gasteiger partial charge >= 0.3 is 0 Å².